The first-order chi connectivity index (χ1) is 17.2. The van der Waals surface area contributed by atoms with E-state index in [-0.39, 0.29) is 28.5 Å². The summed E-state index contributed by atoms with van der Waals surface area (Å²) in [6.07, 6.45) is -3.41. The molecule has 36 heavy (non-hydrogen) atoms. The Morgan fingerprint density at radius 3 is 2.53 bits per heavy atom. The maximum Gasteiger partial charge on any atom is 0.433 e. The lowest BCUT2D eigenvalue weighted by Gasteiger charge is -2.11. The highest BCUT2D eigenvalue weighted by molar-refractivity contribution is 6.30. The third-order valence-electron chi connectivity index (χ3n) is 5.09. The predicted molar refractivity (Wildman–Crippen MR) is 122 cm³/mol. The van der Waals surface area contributed by atoms with Crippen molar-refractivity contribution in [3.8, 4) is 11.3 Å². The number of aromatic nitrogens is 6. The van der Waals surface area contributed by atoms with Crippen LogP contribution >= 0.6 is 11.6 Å². The van der Waals surface area contributed by atoms with Crippen LogP contribution in [0, 0.1) is 5.82 Å². The molecule has 1 amide bonds. The molecular weight excluding hydrogens is 502 g/mol. The number of rotatable bonds is 5. The lowest BCUT2D eigenvalue weighted by molar-refractivity contribution is -0.142. The molecule has 0 saturated carbocycles. The summed E-state index contributed by atoms with van der Waals surface area (Å²) >= 11 is 5.97. The van der Waals surface area contributed by atoms with Crippen LogP contribution in [0.15, 0.2) is 67.0 Å². The van der Waals surface area contributed by atoms with Crippen LogP contribution < -0.4 is 5.32 Å². The number of benzene rings is 2. The van der Waals surface area contributed by atoms with Crippen molar-refractivity contribution in [3.63, 3.8) is 0 Å². The topological polar surface area (TPSA) is 90.0 Å². The number of nitrogens with one attached hydrogen (secondary N) is 1. The van der Waals surface area contributed by atoms with Gasteiger partial charge in [0.25, 0.3) is 5.91 Å². The molecule has 0 fully saturated rings. The van der Waals surface area contributed by atoms with E-state index in [2.05, 4.69) is 25.5 Å². The summed E-state index contributed by atoms with van der Waals surface area (Å²) in [6.45, 7) is 0.336. The number of carbonyl (C=O) groups is 1. The van der Waals surface area contributed by atoms with Crippen LogP contribution in [0.3, 0.4) is 0 Å². The Bertz CT molecular complexity index is 1580. The van der Waals surface area contributed by atoms with Crippen LogP contribution in [-0.4, -0.2) is 35.3 Å². The Kier molecular flexibility index (Phi) is 5.88. The third kappa shape index (κ3) is 4.89. The van der Waals surface area contributed by atoms with Gasteiger partial charge in [-0.2, -0.15) is 18.3 Å². The van der Waals surface area contributed by atoms with Gasteiger partial charge in [0.05, 0.1) is 12.2 Å². The molecule has 0 unspecified atom stereocenters. The Morgan fingerprint density at radius 1 is 1.03 bits per heavy atom. The fourth-order valence-corrected chi connectivity index (χ4v) is 3.68. The van der Waals surface area contributed by atoms with Gasteiger partial charge >= 0.3 is 6.18 Å². The molecule has 0 radical (unpaired) electrons. The summed E-state index contributed by atoms with van der Waals surface area (Å²) in [6, 6.07) is 13.9. The van der Waals surface area contributed by atoms with E-state index in [1.165, 1.54) is 23.1 Å². The molecule has 0 bridgehead atoms. The van der Waals surface area contributed by atoms with E-state index in [9.17, 15) is 22.4 Å². The van der Waals surface area contributed by atoms with Gasteiger partial charge in [-0.25, -0.2) is 23.6 Å². The second kappa shape index (κ2) is 9.04. The first-order valence-corrected chi connectivity index (χ1v) is 10.7. The van der Waals surface area contributed by atoms with Crippen LogP contribution in [-0.2, 0) is 12.7 Å². The van der Waals surface area contributed by atoms with Crippen LogP contribution in [0.4, 0.5) is 23.5 Å². The molecule has 0 atom stereocenters. The Balaban J connectivity index is 1.42. The van der Waals surface area contributed by atoms with Crippen LogP contribution in [0.25, 0.3) is 16.9 Å². The fraction of sp³-hybridized carbons (Fsp3) is 0.0870. The molecule has 0 aliphatic heterocycles. The number of hydrogen-bond donors (Lipinski definition) is 1. The Hall–Kier alpha value is -4.32. The van der Waals surface area contributed by atoms with Gasteiger partial charge in [0.1, 0.15) is 12.1 Å². The largest absolute Gasteiger partial charge is 0.433 e. The zero-order valence-electron chi connectivity index (χ0n) is 18.0. The molecule has 2 aromatic carbocycles. The van der Waals surface area contributed by atoms with Gasteiger partial charge < -0.3 is 0 Å². The van der Waals surface area contributed by atoms with E-state index in [0.717, 1.165) is 29.8 Å². The highest BCUT2D eigenvalue weighted by Crippen LogP contribution is 2.32. The van der Waals surface area contributed by atoms with Crippen molar-refractivity contribution in [2.24, 2.45) is 0 Å². The molecule has 0 spiro atoms. The van der Waals surface area contributed by atoms with Gasteiger partial charge in [-0.15, -0.1) is 5.10 Å². The first-order valence-electron chi connectivity index (χ1n) is 10.3. The lowest BCUT2D eigenvalue weighted by atomic mass is 10.1. The number of fused-ring (bicyclic) bond motifs is 1. The fourth-order valence-electron chi connectivity index (χ4n) is 3.47. The van der Waals surface area contributed by atoms with Crippen molar-refractivity contribution in [2.75, 3.05) is 5.32 Å². The number of anilines is 1. The molecule has 13 heteroatoms. The van der Waals surface area contributed by atoms with E-state index in [1.54, 1.807) is 18.2 Å². The molecule has 1 N–H and O–H groups in total. The van der Waals surface area contributed by atoms with Crippen LogP contribution in [0.1, 0.15) is 21.7 Å². The molecule has 0 aliphatic rings. The Labute approximate surface area is 205 Å². The quantitative estimate of drug-likeness (QED) is 0.329. The molecule has 0 saturated heterocycles. The highest BCUT2D eigenvalue weighted by Gasteiger charge is 2.35. The number of carbonyl (C=O) groups excluding carboxylic acids is 1. The number of hydrogen-bond acceptors (Lipinski definition) is 5. The summed E-state index contributed by atoms with van der Waals surface area (Å²) in [7, 11) is 0. The molecular formula is C23H14ClF4N7O. The average molecular weight is 516 g/mol. The van der Waals surface area contributed by atoms with Crippen molar-refractivity contribution in [3.05, 3.63) is 94.8 Å². The van der Waals surface area contributed by atoms with Crippen molar-refractivity contribution < 1.29 is 22.4 Å². The van der Waals surface area contributed by atoms with Gasteiger partial charge in [-0.1, -0.05) is 23.7 Å². The number of halogens is 5. The summed E-state index contributed by atoms with van der Waals surface area (Å²) in [5, 5.41) is 10.9. The zero-order chi connectivity index (χ0) is 25.4. The summed E-state index contributed by atoms with van der Waals surface area (Å²) < 4.78 is 56.5. The molecule has 8 nitrogen and oxygen atoms in total. The zero-order valence-corrected chi connectivity index (χ0v) is 18.8. The summed E-state index contributed by atoms with van der Waals surface area (Å²) in [4.78, 5) is 20.9. The molecule has 5 rings (SSSR count). The van der Waals surface area contributed by atoms with Gasteiger partial charge in [0.15, 0.2) is 17.0 Å². The maximum atomic E-state index is 13.8. The van der Waals surface area contributed by atoms with Gasteiger partial charge in [-0.05, 0) is 48.0 Å². The van der Waals surface area contributed by atoms with Crippen LogP contribution in [0.5, 0.6) is 0 Å². The minimum atomic E-state index is -4.80. The highest BCUT2D eigenvalue weighted by atomic mass is 35.5. The third-order valence-corrected chi connectivity index (χ3v) is 5.32. The standard InChI is InChI=1S/C23H14ClF4N7O/c24-15-3-1-2-13(8-15)11-34-12-29-22(33-34)31-21(36)18-10-20-30-17(14-4-6-16(25)7-5-14)9-19(23(26,27)28)35(20)32-18/h1-10,12H,11H2,(H,31,33,36). The lowest BCUT2D eigenvalue weighted by Crippen LogP contribution is -2.16. The van der Waals surface area contributed by atoms with Gasteiger partial charge in [0, 0.05) is 16.7 Å². The minimum Gasteiger partial charge on any atom is -0.288 e. The molecule has 0 aliphatic carbocycles. The smallest absolute Gasteiger partial charge is 0.288 e. The Morgan fingerprint density at radius 2 is 1.81 bits per heavy atom. The van der Waals surface area contributed by atoms with E-state index in [4.69, 9.17) is 11.6 Å². The minimum absolute atomic E-state index is 0.0527. The average Bonchev–Trinajstić information content (AvgIpc) is 3.45. The number of nitrogens with zero attached hydrogens (tertiary/aromatic N) is 6. The number of amides is 1. The molecule has 5 aromatic rings. The first kappa shape index (κ1) is 23.4. The molecule has 3 aromatic heterocycles. The predicted octanol–water partition coefficient (Wildman–Crippen LogP) is 5.10. The van der Waals surface area contributed by atoms with Crippen LogP contribution in [0.2, 0.25) is 5.02 Å². The van der Waals surface area contributed by atoms with E-state index >= 15 is 0 Å². The van der Waals surface area contributed by atoms with Gasteiger partial charge in [0.2, 0.25) is 5.95 Å². The monoisotopic (exact) mass is 515 g/mol. The van der Waals surface area contributed by atoms with E-state index in [0.29, 0.717) is 16.1 Å². The van der Waals surface area contributed by atoms with Crippen molar-refractivity contribution in [2.45, 2.75) is 12.7 Å². The van der Waals surface area contributed by atoms with E-state index in [1.807, 2.05) is 6.07 Å². The SMILES string of the molecule is O=C(Nc1ncn(Cc2cccc(Cl)c2)n1)c1cc2nc(-c3ccc(F)cc3)cc(C(F)(F)F)n2n1. The maximum absolute atomic E-state index is 13.8. The van der Waals surface area contributed by atoms with Crippen molar-refractivity contribution in [1.82, 2.24) is 29.4 Å². The summed E-state index contributed by atoms with van der Waals surface area (Å²) in [5.74, 6) is -1.42. The second-order valence-electron chi connectivity index (χ2n) is 7.68. The van der Waals surface area contributed by atoms with E-state index < -0.39 is 23.6 Å². The van der Waals surface area contributed by atoms with Crippen molar-refractivity contribution in [1.29, 1.82) is 0 Å². The molecule has 182 valence electrons. The normalized spacial score (nSPS) is 11.7. The number of alkyl halides is 3. The van der Waals surface area contributed by atoms with Gasteiger partial charge in [-0.3, -0.25) is 10.1 Å². The summed E-state index contributed by atoms with van der Waals surface area (Å²) in [5.41, 5.74) is -0.610. The second-order valence-corrected chi connectivity index (χ2v) is 8.12. The van der Waals surface area contributed by atoms with Crippen molar-refractivity contribution >= 4 is 29.1 Å². The molecule has 3 heterocycles.